The molecule has 1 aliphatic rings. The molecule has 3 nitrogen and oxygen atoms in total. The molecule has 0 unspecified atom stereocenters. The first kappa shape index (κ1) is 37.2. The van der Waals surface area contributed by atoms with Gasteiger partial charge in [0, 0.05) is 6.20 Å². The van der Waals surface area contributed by atoms with Crippen LogP contribution in [0.5, 0.6) is 0 Å². The Morgan fingerprint density at radius 3 is 1.64 bits per heavy atom. The van der Waals surface area contributed by atoms with Gasteiger partial charge in [0.15, 0.2) is 0 Å². The minimum atomic E-state index is -0.632. The van der Waals surface area contributed by atoms with Gasteiger partial charge in [-0.2, -0.15) is 0 Å². The van der Waals surface area contributed by atoms with Crippen molar-refractivity contribution in [2.75, 3.05) is 0 Å². The second-order valence-electron chi connectivity index (χ2n) is 15.8. The predicted octanol–water partition coefficient (Wildman–Crippen LogP) is 10.7. The number of benzene rings is 8. The number of fused-ring (bicyclic) bond motifs is 4. The third-order valence-corrected chi connectivity index (χ3v) is 13.9. The van der Waals surface area contributed by atoms with E-state index in [1.54, 1.807) is 0 Å². The molecule has 0 radical (unpaired) electrons. The summed E-state index contributed by atoms with van der Waals surface area (Å²) in [6, 6.07) is 80.1. The molecule has 1 aliphatic carbocycles. The van der Waals surface area contributed by atoms with Gasteiger partial charge in [-0.25, -0.2) is 0 Å². The first-order valence-electron chi connectivity index (χ1n) is 20.8. The van der Waals surface area contributed by atoms with E-state index >= 15 is 0 Å². The summed E-state index contributed by atoms with van der Waals surface area (Å²) in [5, 5.41) is 0. The Balaban J connectivity index is 1.23. The van der Waals surface area contributed by atoms with Crippen molar-refractivity contribution in [2.24, 2.45) is 7.05 Å². The van der Waals surface area contributed by atoms with Crippen LogP contribution in [0.4, 0.5) is 0 Å². The maximum atomic E-state index is 5.18. The molecule has 292 valence electrons. The summed E-state index contributed by atoms with van der Waals surface area (Å²) in [6.45, 7) is -0.160. The summed E-state index contributed by atoms with van der Waals surface area (Å²) in [6.07, 6.45) is 1.94. The van der Waals surface area contributed by atoms with Crippen LogP contribution in [0.25, 0.3) is 50.1 Å². The monoisotopic (exact) mass is 960 g/mol. The molecule has 0 fully saturated rings. The first-order chi connectivity index (χ1) is 30.1. The van der Waals surface area contributed by atoms with E-state index in [0.29, 0.717) is 0 Å². The van der Waals surface area contributed by atoms with Crippen LogP contribution in [0, 0.1) is 3.80 Å². The Morgan fingerprint density at radius 2 is 1.00 bits per heavy atom. The first-order valence-corrected chi connectivity index (χ1v) is 21.9. The van der Waals surface area contributed by atoms with Crippen LogP contribution < -0.4 is 16.4 Å². The average molecular weight is 961 g/mol. The molecule has 8 aromatic carbocycles. The Hall–Kier alpha value is -6.87. The van der Waals surface area contributed by atoms with Crippen molar-refractivity contribution in [3.63, 3.8) is 0 Å². The van der Waals surface area contributed by atoms with Crippen molar-refractivity contribution < 1.29 is 19.4 Å². The number of aromatic nitrogens is 3. The molecule has 0 spiro atoms. The number of hydrogen-bond donors (Lipinski definition) is 0. The fourth-order valence-corrected chi connectivity index (χ4v) is 10.8. The van der Waals surface area contributed by atoms with Crippen molar-refractivity contribution >= 4 is 34.1 Å². The van der Waals surface area contributed by atoms with Crippen LogP contribution in [-0.4, -0.2) is 20.8 Å². The second kappa shape index (κ2) is 15.3. The van der Waals surface area contributed by atoms with E-state index in [2.05, 4.69) is 248 Å². The molecular formula is C56H40BN3Pt. The Labute approximate surface area is 367 Å². The molecule has 0 bridgehead atoms. The van der Waals surface area contributed by atoms with Gasteiger partial charge in [-0.3, -0.25) is 0 Å². The number of nitrogens with zero attached hydrogens (tertiary/aromatic N) is 3. The quantitative estimate of drug-likeness (QED) is 0.139. The molecule has 0 atom stereocenters. The molecule has 10 aromatic rings. The van der Waals surface area contributed by atoms with Gasteiger partial charge < -0.3 is 0 Å². The third kappa shape index (κ3) is 6.00. The number of aryl methyl sites for hydroxylation is 1. The standard InChI is InChI=1S/C56H40BN3.Pt/c1-59-39-60(53-34-13-12-33-52(53)59)45-26-17-25-44(38-45)57(55-46(40-19-4-2-5-20-40)29-18-30-47(55)41-21-6-3-7-22-41)43-24-16-23-42(37-43)56(54-35-14-15-36-58-54)50-31-10-8-27-48(50)49-28-9-11-32-51(49)56;/h2-38H,1H3;. The summed E-state index contributed by atoms with van der Waals surface area (Å²) >= 11 is 2.47. The summed E-state index contributed by atoms with van der Waals surface area (Å²) in [7, 11) is 2.15. The molecule has 61 heavy (non-hydrogen) atoms. The summed E-state index contributed by atoms with van der Waals surface area (Å²) in [5.41, 5.74) is 18.6. The van der Waals surface area contributed by atoms with Gasteiger partial charge in [0.1, 0.15) is 0 Å². The summed E-state index contributed by atoms with van der Waals surface area (Å²) in [5.74, 6) is 0. The van der Waals surface area contributed by atoms with Gasteiger partial charge in [0.05, 0.1) is 0 Å². The fourth-order valence-electron chi connectivity index (χ4n) is 10.00. The Morgan fingerprint density at radius 1 is 0.475 bits per heavy atom. The van der Waals surface area contributed by atoms with Crippen molar-refractivity contribution in [1.82, 2.24) is 14.1 Å². The van der Waals surface area contributed by atoms with Gasteiger partial charge >= 0.3 is 315 Å². The number of para-hydroxylation sites is 2. The molecule has 5 heteroatoms. The predicted molar refractivity (Wildman–Crippen MR) is 249 cm³/mol. The van der Waals surface area contributed by atoms with E-state index < -0.39 is 5.41 Å². The second-order valence-corrected chi connectivity index (χ2v) is 16.8. The van der Waals surface area contributed by atoms with Crippen LogP contribution in [0.3, 0.4) is 0 Å². The van der Waals surface area contributed by atoms with Crippen LogP contribution >= 0.6 is 0 Å². The van der Waals surface area contributed by atoms with Gasteiger partial charge in [-0.15, -0.1) is 0 Å². The van der Waals surface area contributed by atoms with E-state index in [4.69, 9.17) is 4.98 Å². The molecular weight excluding hydrogens is 921 g/mol. The molecule has 0 amide bonds. The Kier molecular flexibility index (Phi) is 9.32. The van der Waals surface area contributed by atoms with Gasteiger partial charge in [0.2, 0.25) is 0 Å². The molecule has 0 N–H and O–H groups in total. The summed E-state index contributed by atoms with van der Waals surface area (Å²) < 4.78 is 5.80. The van der Waals surface area contributed by atoms with Gasteiger partial charge in [0.25, 0.3) is 0 Å². The van der Waals surface area contributed by atoms with Crippen molar-refractivity contribution in [1.29, 1.82) is 0 Å². The van der Waals surface area contributed by atoms with Crippen LogP contribution in [0.15, 0.2) is 225 Å². The van der Waals surface area contributed by atoms with Crippen LogP contribution in [0.2, 0.25) is 0 Å². The molecule has 0 aliphatic heterocycles. The van der Waals surface area contributed by atoms with E-state index in [0.717, 1.165) is 15.2 Å². The third-order valence-electron chi connectivity index (χ3n) is 12.6. The van der Waals surface area contributed by atoms with E-state index in [1.807, 2.05) is 12.3 Å². The normalized spacial score (nSPS) is 12.6. The zero-order chi connectivity index (χ0) is 40.9. The number of imidazole rings is 1. The summed E-state index contributed by atoms with van der Waals surface area (Å²) in [4.78, 5) is 5.18. The molecule has 2 heterocycles. The van der Waals surface area contributed by atoms with E-state index in [1.165, 1.54) is 77.5 Å². The molecule has 0 saturated heterocycles. The molecule has 2 aromatic heterocycles. The zero-order valence-electron chi connectivity index (χ0n) is 33.6. The van der Waals surface area contributed by atoms with Crippen LogP contribution in [-0.2, 0) is 31.8 Å². The fraction of sp³-hybridized carbons (Fsp3) is 0.0357. The molecule has 11 rings (SSSR count). The van der Waals surface area contributed by atoms with Gasteiger partial charge in [-0.05, 0) is 6.07 Å². The van der Waals surface area contributed by atoms with Crippen molar-refractivity contribution in [2.45, 2.75) is 5.41 Å². The average Bonchev–Trinajstić information content (AvgIpc) is 3.78. The SMILES string of the molecule is Cn1[c](=[Pt])n(-c2cccc(B(c3cccc(C4(c5ccccn5)c5ccccc5-c5ccccc54)c3)c3c(-c4ccccc4)cccc3-c3ccccc3)c2)c2ccccc21. The minimum absolute atomic E-state index is 0.160. The zero-order valence-corrected chi connectivity index (χ0v) is 35.9. The van der Waals surface area contributed by atoms with Crippen molar-refractivity contribution in [3.05, 3.63) is 251 Å². The topological polar surface area (TPSA) is 22.8 Å². The Bertz CT molecular complexity index is 3200. The van der Waals surface area contributed by atoms with Crippen molar-refractivity contribution in [3.8, 4) is 39.1 Å². The van der Waals surface area contributed by atoms with Crippen LogP contribution in [0.1, 0.15) is 22.4 Å². The van der Waals surface area contributed by atoms with E-state index in [9.17, 15) is 0 Å². The van der Waals surface area contributed by atoms with E-state index in [-0.39, 0.29) is 6.71 Å². The van der Waals surface area contributed by atoms with Gasteiger partial charge in [-0.1, -0.05) is 42.5 Å². The molecule has 0 saturated carbocycles. The maximum absolute atomic E-state index is 5.18. The number of pyridine rings is 1. The number of hydrogen-bond acceptors (Lipinski definition) is 1. The number of rotatable bonds is 8.